The van der Waals surface area contributed by atoms with Crippen molar-refractivity contribution in [3.8, 4) is 11.6 Å². The minimum absolute atomic E-state index is 0.132. The molecule has 4 rings (SSSR count). The highest BCUT2D eigenvalue weighted by molar-refractivity contribution is 8.27. The maximum absolute atomic E-state index is 13.8. The zero-order valence-electron chi connectivity index (χ0n) is 14.9. The third-order valence-corrected chi connectivity index (χ3v) is 5.63. The monoisotopic (exact) mass is 477 g/mol. The molecular formula is C20H10Cl2FN3O2S2. The van der Waals surface area contributed by atoms with E-state index < -0.39 is 5.82 Å². The number of ether oxygens (including phenoxy) is 1. The quantitative estimate of drug-likeness (QED) is 0.256. The summed E-state index contributed by atoms with van der Waals surface area (Å²) in [6, 6.07) is 13.7. The number of nitrogens with zero attached hydrogens (tertiary/aromatic N) is 3. The summed E-state index contributed by atoms with van der Waals surface area (Å²) in [6.45, 7) is 0. The number of carbonyl (C=O) groups is 1. The van der Waals surface area contributed by atoms with Gasteiger partial charge < -0.3 is 4.74 Å². The number of thioether (sulfide) groups is 1. The Kier molecular flexibility index (Phi) is 6.01. The molecule has 5 nitrogen and oxygen atoms in total. The number of carbonyl (C=O) groups excluding carboxylic acids is 1. The largest absolute Gasteiger partial charge is 0.436 e. The van der Waals surface area contributed by atoms with E-state index in [0.29, 0.717) is 31.2 Å². The van der Waals surface area contributed by atoms with Gasteiger partial charge >= 0.3 is 0 Å². The zero-order valence-corrected chi connectivity index (χ0v) is 18.0. The van der Waals surface area contributed by atoms with Gasteiger partial charge in [0.25, 0.3) is 11.8 Å². The molecule has 150 valence electrons. The van der Waals surface area contributed by atoms with Crippen LogP contribution in [0.25, 0.3) is 6.08 Å². The molecule has 1 amide bonds. The van der Waals surface area contributed by atoms with Gasteiger partial charge in [-0.3, -0.25) is 9.69 Å². The number of hydrogen-bond acceptors (Lipinski definition) is 6. The van der Waals surface area contributed by atoms with Crippen LogP contribution in [0.2, 0.25) is 10.3 Å². The van der Waals surface area contributed by atoms with Crippen LogP contribution in [0, 0.1) is 5.82 Å². The summed E-state index contributed by atoms with van der Waals surface area (Å²) in [6.07, 6.45) is 2.61. The van der Waals surface area contributed by atoms with Crippen molar-refractivity contribution in [2.75, 3.05) is 4.90 Å². The number of anilines is 1. The SMILES string of the molecule is O=C1/C(=C/c2cccc(Oc3nc(Cl)ncc3F)c2)SC(=S)N1c1cccc(Cl)c1. The van der Waals surface area contributed by atoms with Gasteiger partial charge in [-0.1, -0.05) is 53.8 Å². The molecule has 0 radical (unpaired) electrons. The molecule has 10 heteroatoms. The molecule has 1 saturated heterocycles. The van der Waals surface area contributed by atoms with Crippen molar-refractivity contribution < 1.29 is 13.9 Å². The first-order chi connectivity index (χ1) is 14.4. The highest BCUT2D eigenvalue weighted by Crippen LogP contribution is 2.37. The van der Waals surface area contributed by atoms with Gasteiger partial charge in [0.05, 0.1) is 16.8 Å². The van der Waals surface area contributed by atoms with E-state index in [4.69, 9.17) is 40.2 Å². The fourth-order valence-electron chi connectivity index (χ4n) is 2.64. The number of thiocarbonyl (C=S) groups is 1. The van der Waals surface area contributed by atoms with Crippen LogP contribution in [0.4, 0.5) is 10.1 Å². The number of aromatic nitrogens is 2. The molecule has 0 unspecified atom stereocenters. The second-order valence-corrected chi connectivity index (χ2v) is 8.41. The van der Waals surface area contributed by atoms with E-state index in [1.165, 1.54) is 16.7 Å². The van der Waals surface area contributed by atoms with Crippen LogP contribution in [0.3, 0.4) is 0 Å². The minimum atomic E-state index is -0.743. The Balaban J connectivity index is 1.59. The lowest BCUT2D eigenvalue weighted by molar-refractivity contribution is -0.113. The Hall–Kier alpha value is -2.52. The molecule has 0 spiro atoms. The highest BCUT2D eigenvalue weighted by atomic mass is 35.5. The molecule has 2 aromatic carbocycles. The predicted octanol–water partition coefficient (Wildman–Crippen LogP) is 6.12. The molecule has 0 N–H and O–H groups in total. The standard InChI is InChI=1S/C20H10Cl2FN3O2S2/c21-12-4-2-5-13(9-12)26-18(27)16(30-20(26)29)8-11-3-1-6-14(7-11)28-17-15(23)10-24-19(22)25-17/h1-10H/b16-8-. The zero-order chi connectivity index (χ0) is 21.3. The molecular weight excluding hydrogens is 468 g/mol. The Labute approximate surface area is 190 Å². The molecule has 1 aliphatic heterocycles. The first kappa shape index (κ1) is 20.7. The Morgan fingerprint density at radius 3 is 2.77 bits per heavy atom. The average molecular weight is 478 g/mol. The number of benzene rings is 2. The first-order valence-corrected chi connectivity index (χ1v) is 10.4. The Bertz CT molecular complexity index is 1210. The third kappa shape index (κ3) is 4.46. The average Bonchev–Trinajstić information content (AvgIpc) is 2.98. The lowest BCUT2D eigenvalue weighted by Crippen LogP contribution is -2.27. The Morgan fingerprint density at radius 2 is 1.97 bits per heavy atom. The van der Waals surface area contributed by atoms with Crippen LogP contribution >= 0.6 is 47.2 Å². The van der Waals surface area contributed by atoms with Gasteiger partial charge in [0.1, 0.15) is 5.75 Å². The normalized spacial score (nSPS) is 15.2. The van der Waals surface area contributed by atoms with Gasteiger partial charge in [0.15, 0.2) is 4.32 Å². The van der Waals surface area contributed by atoms with Crippen molar-refractivity contribution in [2.45, 2.75) is 0 Å². The van der Waals surface area contributed by atoms with Crippen molar-refractivity contribution in [1.29, 1.82) is 0 Å². The second-order valence-electron chi connectivity index (χ2n) is 5.96. The van der Waals surface area contributed by atoms with Crippen molar-refractivity contribution in [2.24, 2.45) is 0 Å². The van der Waals surface area contributed by atoms with Crippen LogP contribution in [0.15, 0.2) is 59.6 Å². The third-order valence-electron chi connectivity index (χ3n) is 3.91. The van der Waals surface area contributed by atoms with Gasteiger partial charge in [-0.25, -0.2) is 4.98 Å². The van der Waals surface area contributed by atoms with Gasteiger partial charge in [-0.05, 0) is 53.6 Å². The molecule has 1 aromatic heterocycles. The van der Waals surface area contributed by atoms with Gasteiger partial charge in [0.2, 0.25) is 11.1 Å². The molecule has 0 aliphatic carbocycles. The summed E-state index contributed by atoms with van der Waals surface area (Å²) < 4.78 is 19.7. The van der Waals surface area contributed by atoms with Crippen LogP contribution in [0.1, 0.15) is 5.56 Å². The van der Waals surface area contributed by atoms with Crippen molar-refractivity contribution in [3.63, 3.8) is 0 Å². The van der Waals surface area contributed by atoms with E-state index in [0.717, 1.165) is 6.20 Å². The topological polar surface area (TPSA) is 55.3 Å². The first-order valence-electron chi connectivity index (χ1n) is 8.40. The van der Waals surface area contributed by atoms with Crippen LogP contribution in [-0.4, -0.2) is 20.2 Å². The molecule has 2 heterocycles. The Morgan fingerprint density at radius 1 is 1.17 bits per heavy atom. The summed E-state index contributed by atoms with van der Waals surface area (Å²) in [5.74, 6) is -0.971. The van der Waals surface area contributed by atoms with Crippen molar-refractivity contribution >= 4 is 69.2 Å². The molecule has 0 atom stereocenters. The number of amides is 1. The van der Waals surface area contributed by atoms with Crippen molar-refractivity contribution in [3.05, 3.63) is 81.3 Å². The molecule has 0 bridgehead atoms. The maximum Gasteiger partial charge on any atom is 0.270 e. The van der Waals surface area contributed by atoms with Crippen molar-refractivity contribution in [1.82, 2.24) is 9.97 Å². The predicted molar refractivity (Wildman–Crippen MR) is 121 cm³/mol. The summed E-state index contributed by atoms with van der Waals surface area (Å²) >= 11 is 18.3. The highest BCUT2D eigenvalue weighted by Gasteiger charge is 2.33. The maximum atomic E-state index is 13.8. The molecule has 1 aliphatic rings. The van der Waals surface area contributed by atoms with Gasteiger partial charge in [-0.2, -0.15) is 9.37 Å². The van der Waals surface area contributed by atoms with Crippen LogP contribution in [-0.2, 0) is 4.79 Å². The molecule has 0 saturated carbocycles. The molecule has 3 aromatic rings. The van der Waals surface area contributed by atoms with E-state index in [-0.39, 0.29) is 17.1 Å². The molecule has 30 heavy (non-hydrogen) atoms. The summed E-state index contributed by atoms with van der Waals surface area (Å²) in [5.41, 5.74) is 1.27. The molecule has 1 fully saturated rings. The number of hydrogen-bond donors (Lipinski definition) is 0. The van der Waals surface area contributed by atoms with E-state index in [9.17, 15) is 9.18 Å². The lowest BCUT2D eigenvalue weighted by Gasteiger charge is -2.14. The minimum Gasteiger partial charge on any atom is -0.436 e. The number of rotatable bonds is 4. The second kappa shape index (κ2) is 8.69. The lowest BCUT2D eigenvalue weighted by atomic mass is 10.2. The van der Waals surface area contributed by atoms with Gasteiger partial charge in [-0.15, -0.1) is 0 Å². The van der Waals surface area contributed by atoms with Gasteiger partial charge in [0, 0.05) is 5.02 Å². The van der Waals surface area contributed by atoms with E-state index >= 15 is 0 Å². The van der Waals surface area contributed by atoms with E-state index in [1.807, 2.05) is 0 Å². The fraction of sp³-hybridized carbons (Fsp3) is 0. The number of halogens is 3. The van der Waals surface area contributed by atoms with Crippen LogP contribution in [0.5, 0.6) is 11.6 Å². The summed E-state index contributed by atoms with van der Waals surface area (Å²) in [4.78, 5) is 22.0. The van der Waals surface area contributed by atoms with E-state index in [1.54, 1.807) is 54.6 Å². The smallest absolute Gasteiger partial charge is 0.270 e. The summed E-state index contributed by atoms with van der Waals surface area (Å²) in [7, 11) is 0. The summed E-state index contributed by atoms with van der Waals surface area (Å²) in [5, 5.41) is 0.375. The van der Waals surface area contributed by atoms with E-state index in [2.05, 4.69) is 9.97 Å². The fourth-order valence-corrected chi connectivity index (χ4v) is 4.25. The van der Waals surface area contributed by atoms with Crippen LogP contribution < -0.4 is 9.64 Å².